The lowest BCUT2D eigenvalue weighted by molar-refractivity contribution is -0.356. The van der Waals surface area contributed by atoms with Gasteiger partial charge in [0, 0.05) is 30.2 Å². The summed E-state index contributed by atoms with van der Waals surface area (Å²) in [7, 11) is 0. The van der Waals surface area contributed by atoms with Gasteiger partial charge in [0.25, 0.3) is 0 Å². The summed E-state index contributed by atoms with van der Waals surface area (Å²) in [6.45, 7) is 13.1. The molecule has 1 amide bonds. The van der Waals surface area contributed by atoms with Crippen molar-refractivity contribution in [1.82, 2.24) is 5.32 Å². The number of aliphatic hydroxyl groups is 2. The number of amides is 1. The summed E-state index contributed by atoms with van der Waals surface area (Å²) in [6, 6.07) is 0.0196. The third-order valence-electron chi connectivity index (χ3n) is 9.09. The van der Waals surface area contributed by atoms with Gasteiger partial charge in [0.2, 0.25) is 5.91 Å². The minimum absolute atomic E-state index is 0.0196. The van der Waals surface area contributed by atoms with Crippen LogP contribution in [-0.4, -0.2) is 39.7 Å². The van der Waals surface area contributed by atoms with Crippen molar-refractivity contribution in [3.05, 3.63) is 23.8 Å². The topological polar surface area (TPSA) is 78.8 Å². The molecule has 3 saturated heterocycles. The second kappa shape index (κ2) is 5.95. The Hall–Kier alpha value is -1.17. The van der Waals surface area contributed by atoms with Crippen molar-refractivity contribution in [3.63, 3.8) is 0 Å². The molecule has 0 aromatic rings. The minimum atomic E-state index is -1.54. The third-order valence-corrected chi connectivity index (χ3v) is 9.09. The monoisotopic (exact) mass is 401 g/mol. The van der Waals surface area contributed by atoms with Gasteiger partial charge in [-0.3, -0.25) is 4.79 Å². The fourth-order valence-electron chi connectivity index (χ4n) is 7.94. The maximum atomic E-state index is 13.8. The molecule has 5 heteroatoms. The highest BCUT2D eigenvalue weighted by Crippen LogP contribution is 2.72. The zero-order valence-corrected chi connectivity index (χ0v) is 18.1. The maximum absolute atomic E-state index is 13.8. The number of carbonyl (C=O) groups excluding carboxylic acids is 1. The van der Waals surface area contributed by atoms with E-state index in [1.165, 1.54) is 5.57 Å². The predicted octanol–water partition coefficient (Wildman–Crippen LogP) is 2.92. The minimum Gasteiger partial charge on any atom is -0.390 e. The van der Waals surface area contributed by atoms with Crippen LogP contribution >= 0.6 is 0 Å². The highest BCUT2D eigenvalue weighted by atomic mass is 16.7. The Morgan fingerprint density at radius 3 is 2.79 bits per heavy atom. The molecular formula is C24H35NO4. The zero-order chi connectivity index (χ0) is 20.9. The van der Waals surface area contributed by atoms with Crippen LogP contribution in [0.3, 0.4) is 0 Å². The smallest absolute Gasteiger partial charge is 0.232 e. The van der Waals surface area contributed by atoms with Crippen LogP contribution in [0, 0.1) is 35.0 Å². The molecule has 5 nitrogen and oxygen atoms in total. The van der Waals surface area contributed by atoms with Crippen LogP contribution in [0.5, 0.6) is 0 Å². The van der Waals surface area contributed by atoms with E-state index in [0.29, 0.717) is 25.2 Å². The Balaban J connectivity index is 1.74. The Morgan fingerprint density at radius 1 is 1.38 bits per heavy atom. The number of hydrogen-bond acceptors (Lipinski definition) is 4. The molecule has 1 saturated carbocycles. The quantitative estimate of drug-likeness (QED) is 0.622. The highest BCUT2D eigenvalue weighted by Gasteiger charge is 2.81. The Kier molecular flexibility index (Phi) is 4.06. The summed E-state index contributed by atoms with van der Waals surface area (Å²) in [4.78, 5) is 13.8. The molecule has 2 spiro atoms. The van der Waals surface area contributed by atoms with E-state index in [0.717, 1.165) is 18.4 Å². The fraction of sp³-hybridized carbons (Fsp3) is 0.792. The van der Waals surface area contributed by atoms with E-state index >= 15 is 0 Å². The van der Waals surface area contributed by atoms with E-state index in [1.807, 2.05) is 0 Å². The van der Waals surface area contributed by atoms with Gasteiger partial charge in [-0.15, -0.1) is 0 Å². The van der Waals surface area contributed by atoms with Crippen molar-refractivity contribution in [3.8, 4) is 0 Å². The molecule has 5 aliphatic rings. The third kappa shape index (κ3) is 2.14. The summed E-state index contributed by atoms with van der Waals surface area (Å²) >= 11 is 0. The van der Waals surface area contributed by atoms with Crippen LogP contribution in [0.2, 0.25) is 0 Å². The van der Waals surface area contributed by atoms with E-state index in [9.17, 15) is 15.0 Å². The molecule has 9 atom stereocenters. The fourth-order valence-corrected chi connectivity index (χ4v) is 7.94. The average molecular weight is 402 g/mol. The molecule has 29 heavy (non-hydrogen) atoms. The molecule has 2 bridgehead atoms. The number of ether oxygens (including phenoxy) is 1. The SMILES string of the molecule is C=C1CC[C@@H](O)[C@]23CC[C@](O)(O2)[C@@]24C(=O)N[C@@H](CC(C)C)[C@@H]2[C@H](C)C(C)=C[C@@H]4[C@@H]13. The van der Waals surface area contributed by atoms with Crippen LogP contribution in [0.1, 0.15) is 59.8 Å². The molecule has 5 rings (SSSR count). The number of rotatable bonds is 2. The molecule has 4 fully saturated rings. The molecule has 0 unspecified atom stereocenters. The van der Waals surface area contributed by atoms with Crippen molar-refractivity contribution in [1.29, 1.82) is 0 Å². The van der Waals surface area contributed by atoms with Crippen molar-refractivity contribution in [2.75, 3.05) is 0 Å². The second-order valence-corrected chi connectivity index (χ2v) is 10.9. The summed E-state index contributed by atoms with van der Waals surface area (Å²) in [5.74, 6) is -1.34. The Labute approximate surface area is 173 Å². The lowest BCUT2D eigenvalue weighted by Gasteiger charge is -2.62. The second-order valence-electron chi connectivity index (χ2n) is 10.9. The number of nitrogens with one attached hydrogen (secondary N) is 1. The van der Waals surface area contributed by atoms with Gasteiger partial charge in [-0.2, -0.15) is 0 Å². The molecule has 0 aromatic carbocycles. The van der Waals surface area contributed by atoms with E-state index in [-0.39, 0.29) is 35.6 Å². The first-order valence-corrected chi connectivity index (χ1v) is 11.4. The van der Waals surface area contributed by atoms with E-state index < -0.39 is 22.9 Å². The van der Waals surface area contributed by atoms with Crippen molar-refractivity contribution < 1.29 is 19.7 Å². The highest BCUT2D eigenvalue weighted by molar-refractivity contribution is 5.89. The standard InChI is InChI=1S/C24H35NO4/c1-12(2)10-17-20-15(5)14(4)11-16-19-13(3)6-7-18(26)22(19)8-9-23(28,29-22)24(16,20)21(27)25-17/h11-12,15-20,26,28H,3,6-10H2,1-2,4-5H3,(H,25,27)/t15-,16-,17+,18-,19-,20+,22+,23+,24-/m1/s1. The Bertz CT molecular complexity index is 805. The first kappa shape index (κ1) is 19.8. The molecule has 0 radical (unpaired) electrons. The number of aliphatic hydroxyl groups excluding tert-OH is 1. The molecule has 2 aliphatic carbocycles. The first-order chi connectivity index (χ1) is 13.6. The number of allylic oxidation sites excluding steroid dienone is 2. The normalized spacial score (nSPS) is 53.3. The van der Waals surface area contributed by atoms with Gasteiger partial charge in [-0.1, -0.05) is 44.6 Å². The zero-order valence-electron chi connectivity index (χ0n) is 18.1. The predicted molar refractivity (Wildman–Crippen MR) is 110 cm³/mol. The van der Waals surface area contributed by atoms with E-state index in [4.69, 9.17) is 4.74 Å². The van der Waals surface area contributed by atoms with Gasteiger partial charge < -0.3 is 20.3 Å². The molecule has 160 valence electrons. The van der Waals surface area contributed by atoms with Gasteiger partial charge in [0.05, 0.1) is 6.10 Å². The lowest BCUT2D eigenvalue weighted by atomic mass is 9.47. The van der Waals surface area contributed by atoms with Crippen molar-refractivity contribution in [2.24, 2.45) is 35.0 Å². The lowest BCUT2D eigenvalue weighted by Crippen LogP contribution is -2.72. The van der Waals surface area contributed by atoms with Crippen LogP contribution in [0.25, 0.3) is 0 Å². The van der Waals surface area contributed by atoms with E-state index in [1.54, 1.807) is 0 Å². The van der Waals surface area contributed by atoms with Crippen molar-refractivity contribution in [2.45, 2.75) is 83.3 Å². The molecule has 3 aliphatic heterocycles. The van der Waals surface area contributed by atoms with Gasteiger partial charge in [0.15, 0.2) is 5.79 Å². The van der Waals surface area contributed by atoms with Crippen LogP contribution in [0.4, 0.5) is 0 Å². The first-order valence-electron chi connectivity index (χ1n) is 11.4. The van der Waals surface area contributed by atoms with Crippen molar-refractivity contribution >= 4 is 5.91 Å². The average Bonchev–Trinajstić information content (AvgIpc) is 3.10. The largest absolute Gasteiger partial charge is 0.390 e. The molecule has 3 heterocycles. The summed E-state index contributed by atoms with van der Waals surface area (Å²) in [5, 5.41) is 26.3. The Morgan fingerprint density at radius 2 is 2.10 bits per heavy atom. The van der Waals surface area contributed by atoms with Crippen LogP contribution in [-0.2, 0) is 9.53 Å². The van der Waals surface area contributed by atoms with E-state index in [2.05, 4.69) is 45.7 Å². The number of fused-ring (bicyclic) bond motifs is 2. The molecule has 3 N–H and O–H groups in total. The van der Waals surface area contributed by atoms with Gasteiger partial charge in [0.1, 0.15) is 11.0 Å². The van der Waals surface area contributed by atoms with Gasteiger partial charge in [-0.25, -0.2) is 0 Å². The summed E-state index contributed by atoms with van der Waals surface area (Å²) in [5.41, 5.74) is 0.490. The van der Waals surface area contributed by atoms with Crippen LogP contribution in [0.15, 0.2) is 23.8 Å². The van der Waals surface area contributed by atoms with Crippen LogP contribution < -0.4 is 5.32 Å². The number of carbonyl (C=O) groups is 1. The summed E-state index contributed by atoms with van der Waals surface area (Å²) in [6.07, 6.45) is 4.79. The summed E-state index contributed by atoms with van der Waals surface area (Å²) < 4.78 is 6.50. The maximum Gasteiger partial charge on any atom is 0.232 e. The van der Waals surface area contributed by atoms with Gasteiger partial charge in [-0.05, 0) is 44.4 Å². The molecule has 0 aromatic heterocycles. The number of hydrogen-bond donors (Lipinski definition) is 3. The van der Waals surface area contributed by atoms with Gasteiger partial charge >= 0.3 is 0 Å². The molecular weight excluding hydrogens is 366 g/mol.